The zero-order valence-electron chi connectivity index (χ0n) is 15.3. The van der Waals surface area contributed by atoms with Crippen molar-refractivity contribution in [3.8, 4) is 22.8 Å². The Bertz CT molecular complexity index is 992. The molecule has 1 aliphatic rings. The van der Waals surface area contributed by atoms with Crippen molar-refractivity contribution in [2.24, 2.45) is 0 Å². The second kappa shape index (κ2) is 7.38. The van der Waals surface area contributed by atoms with Gasteiger partial charge in [0.25, 0.3) is 5.89 Å². The molecule has 1 fully saturated rings. The lowest BCUT2D eigenvalue weighted by Crippen LogP contribution is -2.35. The van der Waals surface area contributed by atoms with Crippen LogP contribution in [0.5, 0.6) is 0 Å². The average Bonchev–Trinajstić information content (AvgIpc) is 3.18. The van der Waals surface area contributed by atoms with Gasteiger partial charge in [-0.2, -0.15) is 18.2 Å². The maximum Gasteiger partial charge on any atom is 0.418 e. The molecule has 5 nitrogen and oxygen atoms in total. The number of anilines is 2. The van der Waals surface area contributed by atoms with Crippen LogP contribution in [-0.4, -0.2) is 29.4 Å². The third-order valence-corrected chi connectivity index (χ3v) is 4.91. The molecule has 1 aliphatic heterocycles. The van der Waals surface area contributed by atoms with Crippen molar-refractivity contribution in [3.05, 3.63) is 48.0 Å². The number of rotatable bonds is 3. The molecular weight excluding hydrogens is 388 g/mol. The van der Waals surface area contributed by atoms with Gasteiger partial charge in [-0.1, -0.05) is 5.16 Å². The Kier molecular flexibility index (Phi) is 4.89. The lowest BCUT2D eigenvalue weighted by molar-refractivity contribution is -0.137. The molecule has 2 aromatic carbocycles. The fourth-order valence-corrected chi connectivity index (χ4v) is 3.35. The maximum absolute atomic E-state index is 13.7. The zero-order valence-corrected chi connectivity index (χ0v) is 15.3. The van der Waals surface area contributed by atoms with Gasteiger partial charge >= 0.3 is 6.18 Å². The molecule has 29 heavy (non-hydrogen) atoms. The minimum absolute atomic E-state index is 0.0374. The number of aromatic nitrogens is 2. The van der Waals surface area contributed by atoms with E-state index in [-0.39, 0.29) is 48.9 Å². The van der Waals surface area contributed by atoms with Crippen LogP contribution in [0.4, 0.5) is 28.9 Å². The van der Waals surface area contributed by atoms with Gasteiger partial charge in [0, 0.05) is 35.6 Å². The van der Waals surface area contributed by atoms with E-state index in [9.17, 15) is 17.6 Å². The van der Waals surface area contributed by atoms with Gasteiger partial charge in [-0.15, -0.1) is 0 Å². The van der Waals surface area contributed by atoms with Crippen LogP contribution in [0.3, 0.4) is 0 Å². The Hall–Kier alpha value is -3.10. The van der Waals surface area contributed by atoms with E-state index in [1.807, 2.05) is 0 Å². The summed E-state index contributed by atoms with van der Waals surface area (Å²) in [5.41, 5.74) is 6.24. The summed E-state index contributed by atoms with van der Waals surface area (Å²) in [5, 5.41) is 3.81. The first-order chi connectivity index (χ1) is 13.8. The lowest BCUT2D eigenvalue weighted by Gasteiger charge is -2.32. The van der Waals surface area contributed by atoms with E-state index in [0.717, 1.165) is 6.07 Å². The molecule has 1 aromatic heterocycles. The second-order valence-electron chi connectivity index (χ2n) is 6.94. The highest BCUT2D eigenvalue weighted by atomic mass is 19.4. The molecule has 4 rings (SSSR count). The summed E-state index contributed by atoms with van der Waals surface area (Å²) in [7, 11) is 0. The number of nitrogen functional groups attached to an aromatic ring is 1. The molecule has 9 heteroatoms. The summed E-state index contributed by atoms with van der Waals surface area (Å²) in [4.78, 5) is 5.77. The average molecular weight is 406 g/mol. The number of piperidine rings is 1. The van der Waals surface area contributed by atoms with Gasteiger partial charge in [-0.25, -0.2) is 4.39 Å². The number of hydrogen-bond donors (Lipinski definition) is 1. The largest absolute Gasteiger partial charge is 0.418 e. The normalized spacial score (nSPS) is 15.7. The van der Waals surface area contributed by atoms with E-state index in [1.54, 1.807) is 29.2 Å². The predicted molar refractivity (Wildman–Crippen MR) is 101 cm³/mol. The zero-order chi connectivity index (χ0) is 20.6. The van der Waals surface area contributed by atoms with Crippen LogP contribution in [0.15, 0.2) is 47.0 Å². The van der Waals surface area contributed by atoms with Gasteiger partial charge < -0.3 is 15.2 Å². The van der Waals surface area contributed by atoms with Crippen molar-refractivity contribution in [3.63, 3.8) is 0 Å². The van der Waals surface area contributed by atoms with Crippen molar-refractivity contribution in [2.45, 2.75) is 25.2 Å². The van der Waals surface area contributed by atoms with Gasteiger partial charge in [-0.3, -0.25) is 0 Å². The van der Waals surface area contributed by atoms with Crippen LogP contribution in [0, 0.1) is 0 Å². The Morgan fingerprint density at radius 1 is 1.00 bits per heavy atom. The molecule has 3 aromatic rings. The van der Waals surface area contributed by atoms with Crippen LogP contribution in [-0.2, 0) is 6.18 Å². The topological polar surface area (TPSA) is 68.2 Å². The fourth-order valence-electron chi connectivity index (χ4n) is 3.35. The minimum Gasteiger partial charge on any atom is -0.399 e. The summed E-state index contributed by atoms with van der Waals surface area (Å²) in [6, 6.07) is 10.6. The summed E-state index contributed by atoms with van der Waals surface area (Å²) in [5.74, 6) is 0.235. The van der Waals surface area contributed by atoms with Crippen molar-refractivity contribution in [1.29, 1.82) is 0 Å². The van der Waals surface area contributed by atoms with Gasteiger partial charge in [0.2, 0.25) is 5.82 Å². The SMILES string of the molecule is Nc1ccc(-c2nc(-c3ccc(N4CCC(F)CC4)c(C(F)(F)F)c3)no2)cc1. The molecule has 0 radical (unpaired) electrons. The first-order valence-electron chi connectivity index (χ1n) is 9.11. The summed E-state index contributed by atoms with van der Waals surface area (Å²) in [6.45, 7) is 0.486. The van der Waals surface area contributed by atoms with E-state index < -0.39 is 17.9 Å². The van der Waals surface area contributed by atoms with E-state index in [2.05, 4.69) is 10.1 Å². The highest BCUT2D eigenvalue weighted by Crippen LogP contribution is 2.40. The van der Waals surface area contributed by atoms with E-state index in [0.29, 0.717) is 11.3 Å². The molecular formula is C20H18F4N4O. The maximum atomic E-state index is 13.7. The van der Waals surface area contributed by atoms with Crippen LogP contribution in [0.25, 0.3) is 22.8 Å². The molecule has 2 heterocycles. The van der Waals surface area contributed by atoms with Crippen LogP contribution in [0.2, 0.25) is 0 Å². The number of nitrogens with two attached hydrogens (primary N) is 1. The number of alkyl halides is 4. The van der Waals surface area contributed by atoms with Crippen LogP contribution in [0.1, 0.15) is 18.4 Å². The third kappa shape index (κ3) is 4.03. The van der Waals surface area contributed by atoms with Crippen LogP contribution < -0.4 is 10.6 Å². The summed E-state index contributed by atoms with van der Waals surface area (Å²) >= 11 is 0. The number of halogens is 4. The molecule has 0 amide bonds. The number of hydrogen-bond acceptors (Lipinski definition) is 5. The fraction of sp³-hybridized carbons (Fsp3) is 0.300. The molecule has 0 atom stereocenters. The summed E-state index contributed by atoms with van der Waals surface area (Å²) in [6.07, 6.45) is -5.10. The van der Waals surface area contributed by atoms with Crippen molar-refractivity contribution < 1.29 is 22.1 Å². The Balaban J connectivity index is 1.67. The minimum atomic E-state index is -4.57. The smallest absolute Gasteiger partial charge is 0.399 e. The van der Waals surface area contributed by atoms with Gasteiger partial charge in [0.1, 0.15) is 6.17 Å². The molecule has 1 saturated heterocycles. The highest BCUT2D eigenvalue weighted by Gasteiger charge is 2.36. The van der Waals surface area contributed by atoms with E-state index >= 15 is 0 Å². The number of benzene rings is 2. The third-order valence-electron chi connectivity index (χ3n) is 4.91. The molecule has 0 unspecified atom stereocenters. The molecule has 0 aliphatic carbocycles. The molecule has 0 saturated carbocycles. The van der Waals surface area contributed by atoms with Gasteiger partial charge in [0.15, 0.2) is 0 Å². The number of nitrogens with zero attached hydrogens (tertiary/aromatic N) is 3. The van der Waals surface area contributed by atoms with Crippen molar-refractivity contribution >= 4 is 11.4 Å². The Morgan fingerprint density at radius 3 is 2.31 bits per heavy atom. The molecule has 2 N–H and O–H groups in total. The first-order valence-corrected chi connectivity index (χ1v) is 9.11. The van der Waals surface area contributed by atoms with Crippen LogP contribution >= 0.6 is 0 Å². The Labute approximate surface area is 164 Å². The summed E-state index contributed by atoms with van der Waals surface area (Å²) < 4.78 is 59.7. The quantitative estimate of drug-likeness (QED) is 0.493. The molecule has 152 valence electrons. The molecule has 0 bridgehead atoms. The van der Waals surface area contributed by atoms with Crippen molar-refractivity contribution in [2.75, 3.05) is 23.7 Å². The Morgan fingerprint density at radius 2 is 1.66 bits per heavy atom. The monoisotopic (exact) mass is 406 g/mol. The van der Waals surface area contributed by atoms with Gasteiger partial charge in [-0.05, 0) is 55.3 Å². The first kappa shape index (κ1) is 19.2. The van der Waals surface area contributed by atoms with Crippen molar-refractivity contribution in [1.82, 2.24) is 10.1 Å². The lowest BCUT2D eigenvalue weighted by atomic mass is 10.0. The van der Waals surface area contributed by atoms with E-state index in [4.69, 9.17) is 10.3 Å². The standard InChI is InChI=1S/C20H18F4N4O/c21-14-7-9-28(10-8-14)17-6-3-13(11-16(17)20(22,23)24)18-26-19(29-27-18)12-1-4-15(25)5-2-12/h1-6,11,14H,7-10,25H2. The second-order valence-corrected chi connectivity index (χ2v) is 6.94. The predicted octanol–water partition coefficient (Wildman–Crippen LogP) is 4.94. The van der Waals surface area contributed by atoms with Gasteiger partial charge in [0.05, 0.1) is 5.56 Å². The van der Waals surface area contributed by atoms with E-state index in [1.165, 1.54) is 12.1 Å². The molecule has 0 spiro atoms. The highest BCUT2D eigenvalue weighted by molar-refractivity contribution is 5.67.